The first-order chi connectivity index (χ1) is 14.0. The summed E-state index contributed by atoms with van der Waals surface area (Å²) in [5.74, 6) is 0.428. The molecule has 144 valence electrons. The first-order valence-electron chi connectivity index (χ1n) is 8.93. The summed E-state index contributed by atoms with van der Waals surface area (Å²) < 4.78 is 24.7. The van der Waals surface area contributed by atoms with E-state index in [1.54, 1.807) is 17.4 Å². The number of rotatable bonds is 4. The maximum Gasteiger partial charge on any atom is 0.248 e. The van der Waals surface area contributed by atoms with Crippen molar-refractivity contribution in [2.24, 2.45) is 4.99 Å². The zero-order valence-corrected chi connectivity index (χ0v) is 17.1. The van der Waals surface area contributed by atoms with Crippen molar-refractivity contribution in [3.8, 4) is 10.4 Å². The van der Waals surface area contributed by atoms with Crippen molar-refractivity contribution >= 4 is 49.0 Å². The summed E-state index contributed by atoms with van der Waals surface area (Å²) in [6.45, 7) is 0.658. The van der Waals surface area contributed by atoms with E-state index in [0.717, 1.165) is 23.1 Å². The van der Waals surface area contributed by atoms with Gasteiger partial charge in [0.15, 0.2) is 0 Å². The van der Waals surface area contributed by atoms with E-state index in [4.69, 9.17) is 0 Å². The molecule has 29 heavy (non-hydrogen) atoms. The lowest BCUT2D eigenvalue weighted by Gasteiger charge is -2.12. The van der Waals surface area contributed by atoms with E-state index in [0.29, 0.717) is 12.4 Å². The van der Waals surface area contributed by atoms with Crippen LogP contribution in [0, 0.1) is 0 Å². The Kier molecular flexibility index (Phi) is 4.18. The number of hydrogen-bond donors (Lipinski definition) is 1. The normalized spacial score (nSPS) is 13.0. The number of sulfone groups is 1. The van der Waals surface area contributed by atoms with Crippen LogP contribution in [0.5, 0.6) is 0 Å². The van der Waals surface area contributed by atoms with Gasteiger partial charge in [0.25, 0.3) is 0 Å². The van der Waals surface area contributed by atoms with Gasteiger partial charge in [-0.2, -0.15) is 0 Å². The molecule has 0 atom stereocenters. The van der Waals surface area contributed by atoms with E-state index >= 15 is 0 Å². The SMILES string of the molecule is CS(=O)(=O)c1nccc(Nc2cc3c(c(-c4cc5ccccc5s4)c2)CN=C3)n1. The minimum atomic E-state index is -3.47. The maximum atomic E-state index is 11.7. The first kappa shape index (κ1) is 18.0. The summed E-state index contributed by atoms with van der Waals surface area (Å²) in [5, 5.41) is 4.23. The van der Waals surface area contributed by atoms with Gasteiger partial charge in [-0.1, -0.05) is 18.2 Å². The third kappa shape index (κ3) is 3.41. The largest absolute Gasteiger partial charge is 0.340 e. The fourth-order valence-electron chi connectivity index (χ4n) is 3.36. The Morgan fingerprint density at radius 3 is 2.79 bits per heavy atom. The van der Waals surface area contributed by atoms with Gasteiger partial charge in [0, 0.05) is 39.5 Å². The minimum Gasteiger partial charge on any atom is -0.340 e. The van der Waals surface area contributed by atoms with Gasteiger partial charge in [-0.15, -0.1) is 11.3 Å². The quantitative estimate of drug-likeness (QED) is 0.494. The van der Waals surface area contributed by atoms with Crippen LogP contribution in [0.4, 0.5) is 11.5 Å². The molecule has 0 amide bonds. The van der Waals surface area contributed by atoms with Crippen molar-refractivity contribution in [3.63, 3.8) is 0 Å². The van der Waals surface area contributed by atoms with Crippen molar-refractivity contribution in [1.82, 2.24) is 9.97 Å². The molecule has 1 aliphatic rings. The Bertz CT molecular complexity index is 1360. The molecule has 0 bridgehead atoms. The summed E-state index contributed by atoms with van der Waals surface area (Å²) in [6, 6.07) is 16.2. The number of nitrogens with zero attached hydrogens (tertiary/aromatic N) is 3. The Labute approximate surface area is 171 Å². The molecule has 3 heterocycles. The number of aromatic nitrogens is 2. The lowest BCUT2D eigenvalue weighted by Crippen LogP contribution is -2.06. The zero-order valence-electron chi connectivity index (χ0n) is 15.5. The van der Waals surface area contributed by atoms with Crippen molar-refractivity contribution in [3.05, 3.63) is 65.9 Å². The van der Waals surface area contributed by atoms with E-state index in [9.17, 15) is 8.42 Å². The second-order valence-electron chi connectivity index (χ2n) is 6.83. The molecule has 1 N–H and O–H groups in total. The Balaban J connectivity index is 1.59. The highest BCUT2D eigenvalue weighted by Gasteiger charge is 2.17. The van der Waals surface area contributed by atoms with E-state index in [1.807, 2.05) is 24.4 Å². The lowest BCUT2D eigenvalue weighted by atomic mass is 10.0. The van der Waals surface area contributed by atoms with Crippen LogP contribution in [0.1, 0.15) is 11.1 Å². The Morgan fingerprint density at radius 2 is 1.97 bits per heavy atom. The Morgan fingerprint density at radius 1 is 1.10 bits per heavy atom. The third-order valence-electron chi connectivity index (χ3n) is 4.69. The second kappa shape index (κ2) is 6.75. The average Bonchev–Trinajstić information content (AvgIpc) is 3.33. The maximum absolute atomic E-state index is 11.7. The second-order valence-corrected chi connectivity index (χ2v) is 9.82. The summed E-state index contributed by atoms with van der Waals surface area (Å²) in [5.41, 5.74) is 4.20. The van der Waals surface area contributed by atoms with Gasteiger partial charge in [0.05, 0.1) is 6.54 Å². The molecular weight excluding hydrogens is 404 g/mol. The van der Waals surface area contributed by atoms with Gasteiger partial charge in [-0.05, 0) is 46.8 Å². The van der Waals surface area contributed by atoms with Gasteiger partial charge < -0.3 is 5.32 Å². The number of nitrogens with one attached hydrogen (secondary N) is 1. The molecule has 0 unspecified atom stereocenters. The molecule has 5 rings (SSSR count). The van der Waals surface area contributed by atoms with Crippen molar-refractivity contribution in [2.75, 3.05) is 11.6 Å². The fourth-order valence-corrected chi connectivity index (χ4v) is 4.99. The highest BCUT2D eigenvalue weighted by Crippen LogP contribution is 2.39. The predicted molar refractivity (Wildman–Crippen MR) is 117 cm³/mol. The highest BCUT2D eigenvalue weighted by molar-refractivity contribution is 7.90. The van der Waals surface area contributed by atoms with Crippen LogP contribution in [-0.2, 0) is 16.4 Å². The van der Waals surface area contributed by atoms with Crippen LogP contribution in [0.15, 0.2) is 64.9 Å². The number of aliphatic imine (C=N–C) groups is 1. The van der Waals surface area contributed by atoms with Crippen LogP contribution < -0.4 is 5.32 Å². The van der Waals surface area contributed by atoms with Crippen LogP contribution in [0.25, 0.3) is 20.5 Å². The average molecular weight is 421 g/mol. The molecule has 8 heteroatoms. The number of thiophene rings is 1. The van der Waals surface area contributed by atoms with Gasteiger partial charge in [-0.3, -0.25) is 4.99 Å². The summed E-state index contributed by atoms with van der Waals surface area (Å²) >= 11 is 1.75. The van der Waals surface area contributed by atoms with E-state index in [-0.39, 0.29) is 5.16 Å². The Hall–Kier alpha value is -3.10. The van der Waals surface area contributed by atoms with Crippen molar-refractivity contribution in [1.29, 1.82) is 0 Å². The third-order valence-corrected chi connectivity index (χ3v) is 6.70. The topological polar surface area (TPSA) is 84.3 Å². The van der Waals surface area contributed by atoms with E-state index in [2.05, 4.69) is 44.5 Å². The lowest BCUT2D eigenvalue weighted by molar-refractivity contribution is 0.593. The molecule has 0 aliphatic carbocycles. The molecule has 6 nitrogen and oxygen atoms in total. The monoisotopic (exact) mass is 420 g/mol. The number of fused-ring (bicyclic) bond motifs is 2. The van der Waals surface area contributed by atoms with Crippen molar-refractivity contribution < 1.29 is 8.42 Å². The molecule has 0 saturated carbocycles. The van der Waals surface area contributed by atoms with Gasteiger partial charge >= 0.3 is 0 Å². The zero-order chi connectivity index (χ0) is 20.0. The minimum absolute atomic E-state index is 0.199. The standard InChI is InChI=1S/C21H16N4O2S2/c1-29(26,27)21-23-7-6-20(25-21)24-15-8-14-11-22-12-17(14)16(10-15)19-9-13-4-2-3-5-18(13)28-19/h2-11H,12H2,1H3,(H,23,24,25). The molecule has 1 aliphatic heterocycles. The molecule has 0 spiro atoms. The molecule has 4 aromatic rings. The molecule has 0 radical (unpaired) electrons. The smallest absolute Gasteiger partial charge is 0.248 e. The molecule has 0 saturated heterocycles. The van der Waals surface area contributed by atoms with Gasteiger partial charge in [0.1, 0.15) is 5.82 Å². The van der Waals surface area contributed by atoms with Crippen LogP contribution in [0.2, 0.25) is 0 Å². The van der Waals surface area contributed by atoms with E-state index < -0.39 is 9.84 Å². The molecular formula is C21H16N4O2S2. The number of benzene rings is 2. The number of anilines is 2. The van der Waals surface area contributed by atoms with Gasteiger partial charge in [-0.25, -0.2) is 18.4 Å². The molecule has 2 aromatic heterocycles. The highest BCUT2D eigenvalue weighted by atomic mass is 32.2. The van der Waals surface area contributed by atoms with Crippen LogP contribution in [0.3, 0.4) is 0 Å². The van der Waals surface area contributed by atoms with E-state index in [1.165, 1.54) is 26.7 Å². The summed E-state index contributed by atoms with van der Waals surface area (Å²) in [6.07, 6.45) is 4.41. The fraction of sp³-hybridized carbons (Fsp3) is 0.0952. The van der Waals surface area contributed by atoms with Crippen molar-refractivity contribution in [2.45, 2.75) is 11.7 Å². The van der Waals surface area contributed by atoms with Gasteiger partial charge in [0.2, 0.25) is 15.0 Å². The van der Waals surface area contributed by atoms with Crippen LogP contribution in [-0.4, -0.2) is 30.9 Å². The number of hydrogen-bond acceptors (Lipinski definition) is 7. The summed E-state index contributed by atoms with van der Waals surface area (Å²) in [4.78, 5) is 13.6. The predicted octanol–water partition coefficient (Wildman–Crippen LogP) is 4.44. The van der Waals surface area contributed by atoms with Crippen LogP contribution >= 0.6 is 11.3 Å². The molecule has 0 fully saturated rings. The first-order valence-corrected chi connectivity index (χ1v) is 11.6. The summed E-state index contributed by atoms with van der Waals surface area (Å²) in [7, 11) is -3.47. The molecule has 2 aromatic carbocycles.